The molecule has 0 saturated heterocycles. The van der Waals surface area contributed by atoms with Crippen LogP contribution in [0.25, 0.3) is 11.0 Å². The summed E-state index contributed by atoms with van der Waals surface area (Å²) >= 11 is 0. The number of aryl methyl sites for hydroxylation is 2. The second-order valence-electron chi connectivity index (χ2n) is 5.70. The molecule has 0 aliphatic rings. The number of para-hydroxylation sites is 1. The third-order valence-electron chi connectivity index (χ3n) is 4.16. The van der Waals surface area contributed by atoms with Crippen LogP contribution in [0.4, 0.5) is 5.69 Å². The Morgan fingerprint density at radius 3 is 2.64 bits per heavy atom. The highest BCUT2D eigenvalue weighted by atomic mass is 16.3. The van der Waals surface area contributed by atoms with Crippen LogP contribution in [0.15, 0.2) is 48.5 Å². The van der Waals surface area contributed by atoms with Gasteiger partial charge in [-0.3, -0.25) is 0 Å². The number of hydrogen-bond donors (Lipinski definition) is 1. The molecule has 0 radical (unpaired) electrons. The number of benzene rings is 2. The molecule has 4 heteroatoms. The predicted molar refractivity (Wildman–Crippen MR) is 90.1 cm³/mol. The molecular formula is C18H21N3O. The maximum absolute atomic E-state index is 10.5. The smallest absolute Gasteiger partial charge is 0.106 e. The number of aromatic nitrogens is 2. The normalized spacial score (nSPS) is 12.5. The van der Waals surface area contributed by atoms with Crippen LogP contribution in [-0.2, 0) is 7.05 Å². The molecule has 22 heavy (non-hydrogen) atoms. The summed E-state index contributed by atoms with van der Waals surface area (Å²) in [5.41, 5.74) is 4.01. The molecule has 0 bridgehead atoms. The van der Waals surface area contributed by atoms with E-state index in [9.17, 15) is 5.11 Å². The van der Waals surface area contributed by atoms with E-state index in [1.807, 2.05) is 69.6 Å². The molecular weight excluding hydrogens is 274 g/mol. The number of aliphatic hydroxyl groups is 1. The Kier molecular flexibility index (Phi) is 3.86. The summed E-state index contributed by atoms with van der Waals surface area (Å²) in [4.78, 5) is 6.59. The largest absolute Gasteiger partial charge is 0.387 e. The minimum Gasteiger partial charge on any atom is -0.387 e. The maximum atomic E-state index is 10.5. The molecule has 0 saturated carbocycles. The molecule has 3 aromatic rings. The van der Waals surface area contributed by atoms with Gasteiger partial charge in [0.2, 0.25) is 0 Å². The Hall–Kier alpha value is -2.33. The molecule has 1 atom stereocenters. The lowest BCUT2D eigenvalue weighted by Crippen LogP contribution is -2.24. The molecule has 0 amide bonds. The maximum Gasteiger partial charge on any atom is 0.106 e. The Labute approximate surface area is 130 Å². The molecule has 1 N–H and O–H groups in total. The number of rotatable bonds is 4. The Morgan fingerprint density at radius 1 is 1.18 bits per heavy atom. The topological polar surface area (TPSA) is 41.3 Å². The van der Waals surface area contributed by atoms with Gasteiger partial charge >= 0.3 is 0 Å². The first-order valence-electron chi connectivity index (χ1n) is 7.43. The van der Waals surface area contributed by atoms with E-state index >= 15 is 0 Å². The zero-order valence-corrected chi connectivity index (χ0v) is 13.2. The summed E-state index contributed by atoms with van der Waals surface area (Å²) in [6, 6.07) is 16.1. The first-order valence-corrected chi connectivity index (χ1v) is 7.43. The number of likely N-dealkylation sites (N-methyl/N-ethyl adjacent to an activating group) is 1. The summed E-state index contributed by atoms with van der Waals surface area (Å²) < 4.78 is 2.06. The number of fused-ring (bicyclic) bond motifs is 1. The number of anilines is 1. The average molecular weight is 295 g/mol. The highest BCUT2D eigenvalue weighted by Crippen LogP contribution is 2.22. The lowest BCUT2D eigenvalue weighted by atomic mass is 10.1. The van der Waals surface area contributed by atoms with Gasteiger partial charge in [-0.15, -0.1) is 0 Å². The van der Waals surface area contributed by atoms with E-state index in [1.165, 1.54) is 0 Å². The van der Waals surface area contributed by atoms with Gasteiger partial charge in [-0.05, 0) is 36.8 Å². The fourth-order valence-electron chi connectivity index (χ4n) is 2.70. The van der Waals surface area contributed by atoms with Crippen LogP contribution in [0.2, 0.25) is 0 Å². The minimum atomic E-state index is -0.545. The quantitative estimate of drug-likeness (QED) is 0.804. The third-order valence-corrected chi connectivity index (χ3v) is 4.16. The van der Waals surface area contributed by atoms with Gasteiger partial charge in [-0.1, -0.05) is 24.3 Å². The summed E-state index contributed by atoms with van der Waals surface area (Å²) in [5, 5.41) is 10.5. The fourth-order valence-corrected chi connectivity index (χ4v) is 2.70. The van der Waals surface area contributed by atoms with Crippen LogP contribution >= 0.6 is 0 Å². The van der Waals surface area contributed by atoms with Crippen molar-refractivity contribution in [3.05, 3.63) is 59.9 Å². The van der Waals surface area contributed by atoms with Gasteiger partial charge < -0.3 is 14.6 Å². The number of aliphatic hydroxyl groups excluding tert-OH is 1. The standard InChI is InChI=1S/C18H21N3O/c1-13-19-16-11-14(9-10-17(16)21(13)3)18(22)12-20(2)15-7-5-4-6-8-15/h4-11,18,22H,12H2,1-3H3. The summed E-state index contributed by atoms with van der Waals surface area (Å²) in [5.74, 6) is 0.975. The van der Waals surface area contributed by atoms with E-state index in [1.54, 1.807) is 0 Å². The van der Waals surface area contributed by atoms with Crippen molar-refractivity contribution in [1.82, 2.24) is 9.55 Å². The molecule has 4 nitrogen and oxygen atoms in total. The Morgan fingerprint density at radius 2 is 1.91 bits per heavy atom. The van der Waals surface area contributed by atoms with Crippen molar-refractivity contribution in [2.24, 2.45) is 7.05 Å². The van der Waals surface area contributed by atoms with Crippen LogP contribution in [0.3, 0.4) is 0 Å². The second-order valence-corrected chi connectivity index (χ2v) is 5.70. The van der Waals surface area contributed by atoms with Crippen LogP contribution in [-0.4, -0.2) is 28.3 Å². The van der Waals surface area contributed by atoms with E-state index in [0.29, 0.717) is 6.54 Å². The summed E-state index contributed by atoms with van der Waals surface area (Å²) in [7, 11) is 3.99. The molecule has 0 spiro atoms. The van der Waals surface area contributed by atoms with E-state index < -0.39 is 6.10 Å². The molecule has 3 rings (SSSR count). The fraction of sp³-hybridized carbons (Fsp3) is 0.278. The lowest BCUT2D eigenvalue weighted by Gasteiger charge is -2.23. The lowest BCUT2D eigenvalue weighted by molar-refractivity contribution is 0.185. The first-order chi connectivity index (χ1) is 10.6. The predicted octanol–water partition coefficient (Wildman–Crippen LogP) is 3.05. The summed E-state index contributed by atoms with van der Waals surface area (Å²) in [6.45, 7) is 2.53. The van der Waals surface area contributed by atoms with Crippen molar-refractivity contribution in [3.63, 3.8) is 0 Å². The van der Waals surface area contributed by atoms with Crippen molar-refractivity contribution in [1.29, 1.82) is 0 Å². The van der Waals surface area contributed by atoms with Crippen LogP contribution in [0.1, 0.15) is 17.5 Å². The van der Waals surface area contributed by atoms with Crippen LogP contribution < -0.4 is 4.90 Å². The van der Waals surface area contributed by atoms with Crippen LogP contribution in [0, 0.1) is 6.92 Å². The zero-order valence-electron chi connectivity index (χ0n) is 13.2. The van der Waals surface area contributed by atoms with Crippen molar-refractivity contribution in [2.45, 2.75) is 13.0 Å². The van der Waals surface area contributed by atoms with Gasteiger partial charge in [0, 0.05) is 26.3 Å². The zero-order chi connectivity index (χ0) is 15.7. The van der Waals surface area contributed by atoms with Crippen molar-refractivity contribution in [3.8, 4) is 0 Å². The highest BCUT2D eigenvalue weighted by Gasteiger charge is 2.13. The SMILES string of the molecule is Cc1nc2cc(C(O)CN(C)c3ccccc3)ccc2n1C. The molecule has 0 fully saturated rings. The molecule has 1 heterocycles. The molecule has 114 valence electrons. The number of nitrogens with zero attached hydrogens (tertiary/aromatic N) is 3. The third kappa shape index (κ3) is 2.70. The first kappa shape index (κ1) is 14.6. The van der Waals surface area contributed by atoms with Gasteiger partial charge in [0.05, 0.1) is 17.1 Å². The molecule has 1 aromatic heterocycles. The van der Waals surface area contributed by atoms with E-state index in [0.717, 1.165) is 28.1 Å². The van der Waals surface area contributed by atoms with Crippen LogP contribution in [0.5, 0.6) is 0 Å². The Balaban J connectivity index is 1.81. The van der Waals surface area contributed by atoms with E-state index in [2.05, 4.69) is 14.5 Å². The number of hydrogen-bond acceptors (Lipinski definition) is 3. The monoisotopic (exact) mass is 295 g/mol. The van der Waals surface area contributed by atoms with E-state index in [4.69, 9.17) is 0 Å². The molecule has 0 aliphatic carbocycles. The number of imidazole rings is 1. The molecule has 1 unspecified atom stereocenters. The van der Waals surface area contributed by atoms with E-state index in [-0.39, 0.29) is 0 Å². The van der Waals surface area contributed by atoms with Gasteiger partial charge in [-0.2, -0.15) is 0 Å². The molecule has 0 aliphatic heterocycles. The molecule has 2 aromatic carbocycles. The minimum absolute atomic E-state index is 0.543. The highest BCUT2D eigenvalue weighted by molar-refractivity contribution is 5.76. The van der Waals surface area contributed by atoms with Gasteiger partial charge in [0.15, 0.2) is 0 Å². The second kappa shape index (κ2) is 5.81. The average Bonchev–Trinajstić information content (AvgIpc) is 2.82. The van der Waals surface area contributed by atoms with Gasteiger partial charge in [-0.25, -0.2) is 4.98 Å². The van der Waals surface area contributed by atoms with Crippen molar-refractivity contribution >= 4 is 16.7 Å². The van der Waals surface area contributed by atoms with Crippen molar-refractivity contribution < 1.29 is 5.11 Å². The van der Waals surface area contributed by atoms with Gasteiger partial charge in [0.25, 0.3) is 0 Å². The summed E-state index contributed by atoms with van der Waals surface area (Å²) in [6.07, 6.45) is -0.545. The van der Waals surface area contributed by atoms with Gasteiger partial charge in [0.1, 0.15) is 5.82 Å². The van der Waals surface area contributed by atoms with Crippen molar-refractivity contribution in [2.75, 3.05) is 18.5 Å². The Bertz CT molecular complexity index is 780.